The highest BCUT2D eigenvalue weighted by Crippen LogP contribution is 2.62. The van der Waals surface area contributed by atoms with E-state index in [1.807, 2.05) is 0 Å². The van der Waals surface area contributed by atoms with Gasteiger partial charge in [0.1, 0.15) is 0 Å². The van der Waals surface area contributed by atoms with E-state index in [4.69, 9.17) is 10.2 Å². The molecule has 0 unspecified atom stereocenters. The Labute approximate surface area is 226 Å². The Hall–Kier alpha value is -3.46. The minimum absolute atomic E-state index is 1.79. The van der Waals surface area contributed by atoms with Crippen molar-refractivity contribution < 1.29 is 130 Å². The first kappa shape index (κ1) is 41.5. The van der Waals surface area contributed by atoms with E-state index < -0.39 is 94.8 Å². The van der Waals surface area contributed by atoms with Crippen LogP contribution < -0.4 is 0 Å². The van der Waals surface area contributed by atoms with Crippen molar-refractivity contribution in [1.29, 1.82) is 0 Å². The molecule has 0 aliphatic heterocycles. The van der Waals surface area contributed by atoms with Gasteiger partial charge in [0, 0.05) is 0 Å². The van der Waals surface area contributed by atoms with Crippen molar-refractivity contribution in [3.05, 3.63) is 23.7 Å². The number of alkyl halides is 20. The zero-order valence-corrected chi connectivity index (χ0v) is 19.2. The van der Waals surface area contributed by atoms with Crippen molar-refractivity contribution in [2.24, 2.45) is 0 Å². The number of ether oxygens (including phenoxy) is 1. The number of allylic oxidation sites excluding steroid dienone is 2. The summed E-state index contributed by atoms with van der Waals surface area (Å²) in [7, 11) is 0. The Morgan fingerprint density at radius 2 is 0.533 bits per heavy atom. The summed E-state index contributed by atoms with van der Waals surface area (Å²) in [5.41, 5.74) is 0. The Kier molecular flexibility index (Phi) is 10.3. The molecule has 0 fully saturated rings. The third-order valence-electron chi connectivity index (χ3n) is 4.81. The molecule has 0 aliphatic carbocycles. The lowest BCUT2D eigenvalue weighted by Gasteiger charge is -2.39. The molecule has 5 nitrogen and oxygen atoms in total. The molecule has 2 N–H and O–H groups in total. The smallest absolute Gasteiger partial charge is 0.410 e. The van der Waals surface area contributed by atoms with Gasteiger partial charge >= 0.3 is 83.3 Å². The molecule has 45 heavy (non-hydrogen) atoms. The molecule has 0 aromatic carbocycles. The van der Waals surface area contributed by atoms with Gasteiger partial charge in [-0.15, -0.1) is 0 Å². The minimum Gasteiger partial charge on any atom is -0.477 e. The second kappa shape index (κ2) is 11.1. The van der Waals surface area contributed by atoms with Crippen LogP contribution in [0.25, 0.3) is 0 Å². The average Bonchev–Trinajstić information content (AvgIpc) is 2.82. The zero-order chi connectivity index (χ0) is 37.2. The summed E-state index contributed by atoms with van der Waals surface area (Å²) in [6, 6.07) is 0. The second-order valence-corrected chi connectivity index (χ2v) is 7.64. The zero-order valence-electron chi connectivity index (χ0n) is 19.2. The number of carbonyl (C=O) groups is 2. The SMILES string of the molecule is O=C(O)C(F)(F)C(F)(F)C(F)(F)C(F)(F)C(F)(F)C(OC(=C(F)F)C(F)(F)C(F)(F)C(F)(F)C(F)(F)C(F)(F)C(=O)O)=C(F)F. The van der Waals surface area contributed by atoms with Gasteiger partial charge in [-0.2, -0.15) is 105 Å². The fourth-order valence-electron chi connectivity index (χ4n) is 2.28. The second-order valence-electron chi connectivity index (χ2n) is 7.64. The Bertz CT molecular complexity index is 1140. The number of rotatable bonds is 14. The lowest BCUT2D eigenvalue weighted by molar-refractivity contribution is -0.398. The summed E-state index contributed by atoms with van der Waals surface area (Å²) in [6.45, 7) is 0. The summed E-state index contributed by atoms with van der Waals surface area (Å²) < 4.78 is 323. The molecule has 0 aliphatic rings. The quantitative estimate of drug-likeness (QED) is 0.141. The van der Waals surface area contributed by atoms with Crippen molar-refractivity contribution in [2.75, 3.05) is 0 Å². The van der Waals surface area contributed by atoms with Crippen molar-refractivity contribution >= 4 is 11.9 Å². The van der Waals surface area contributed by atoms with Gasteiger partial charge in [0.2, 0.25) is 11.5 Å². The number of aliphatic carboxylic acids is 2. The molecule has 0 aromatic heterocycles. The number of halogens is 24. The molecule has 0 rings (SSSR count). The molecule has 0 bridgehead atoms. The molecule has 0 amide bonds. The van der Waals surface area contributed by atoms with E-state index in [2.05, 4.69) is 0 Å². The van der Waals surface area contributed by atoms with Crippen molar-refractivity contribution in [3.8, 4) is 0 Å². The predicted molar refractivity (Wildman–Crippen MR) is 84.3 cm³/mol. The summed E-state index contributed by atoms with van der Waals surface area (Å²) in [6.07, 6.45) is -10.6. The molecule has 0 saturated heterocycles. The fourth-order valence-corrected chi connectivity index (χ4v) is 2.28. The van der Waals surface area contributed by atoms with E-state index in [1.54, 1.807) is 4.74 Å². The standard InChI is InChI=1S/C16H2F24O5/c17-3(18)1(7(21,22)11(29,30)15(37,38)13(33,34)9(25,26)5(41)42)45-2(4(19)20)8(23,24)12(31,32)16(39,40)14(35,36)10(27,28)6(43)44/h(H,41,42)(H,43,44). The van der Waals surface area contributed by atoms with E-state index >= 15 is 0 Å². The highest BCUT2D eigenvalue weighted by Gasteiger charge is 2.91. The lowest BCUT2D eigenvalue weighted by atomic mass is 9.92. The molecule has 264 valence electrons. The number of carboxylic acids is 2. The van der Waals surface area contributed by atoms with E-state index in [0.717, 1.165) is 0 Å². The largest absolute Gasteiger partial charge is 0.477 e. The van der Waals surface area contributed by atoms with Crippen LogP contribution in [0.4, 0.5) is 105 Å². The minimum atomic E-state index is -8.85. The van der Waals surface area contributed by atoms with Gasteiger partial charge in [0.15, 0.2) is 0 Å². The maximum atomic E-state index is 14.0. The molecule has 0 saturated carbocycles. The van der Waals surface area contributed by atoms with Crippen LogP contribution in [0.1, 0.15) is 0 Å². The molecule has 0 heterocycles. The Morgan fingerprint density at radius 3 is 0.689 bits per heavy atom. The van der Waals surface area contributed by atoms with Gasteiger partial charge in [0.25, 0.3) is 0 Å². The van der Waals surface area contributed by atoms with Gasteiger partial charge in [-0.05, 0) is 0 Å². The van der Waals surface area contributed by atoms with Crippen LogP contribution in [-0.2, 0) is 14.3 Å². The van der Waals surface area contributed by atoms with Gasteiger partial charge in [0.05, 0.1) is 0 Å². The van der Waals surface area contributed by atoms with Crippen LogP contribution in [0.15, 0.2) is 23.7 Å². The lowest BCUT2D eigenvalue weighted by Crippen LogP contribution is -2.69. The molecular weight excluding hydrogens is 728 g/mol. The van der Waals surface area contributed by atoms with Crippen molar-refractivity contribution in [1.82, 2.24) is 0 Å². The monoisotopic (exact) mass is 730 g/mol. The molecule has 29 heteroatoms. The maximum absolute atomic E-state index is 14.0. The van der Waals surface area contributed by atoms with Gasteiger partial charge in [-0.1, -0.05) is 0 Å². The summed E-state index contributed by atoms with van der Waals surface area (Å²) in [4.78, 5) is 20.0. The Balaban J connectivity index is 7.48. The number of hydrogen-bond donors (Lipinski definition) is 2. The van der Waals surface area contributed by atoms with Crippen molar-refractivity contribution in [2.45, 2.75) is 59.2 Å². The molecule has 0 atom stereocenters. The van der Waals surface area contributed by atoms with Crippen LogP contribution in [0.5, 0.6) is 0 Å². The van der Waals surface area contributed by atoms with E-state index in [9.17, 15) is 115 Å². The van der Waals surface area contributed by atoms with E-state index in [-0.39, 0.29) is 0 Å². The first-order valence-corrected chi connectivity index (χ1v) is 9.30. The first-order chi connectivity index (χ1) is 19.3. The van der Waals surface area contributed by atoms with Crippen LogP contribution >= 0.6 is 0 Å². The average molecular weight is 730 g/mol. The van der Waals surface area contributed by atoms with Crippen LogP contribution in [0.2, 0.25) is 0 Å². The van der Waals surface area contributed by atoms with E-state index in [0.29, 0.717) is 0 Å². The first-order valence-electron chi connectivity index (χ1n) is 9.30. The predicted octanol–water partition coefficient (Wildman–Crippen LogP) is 7.74. The number of carboxylic acid groups (broad SMARTS) is 2. The summed E-state index contributed by atoms with van der Waals surface area (Å²) in [5, 5.41) is 15.5. The molecular formula is C16H2F24O5. The molecule has 0 spiro atoms. The highest BCUT2D eigenvalue weighted by atomic mass is 19.4. The fraction of sp³-hybridized carbons (Fsp3) is 0.625. The Morgan fingerprint density at radius 1 is 0.356 bits per heavy atom. The summed E-state index contributed by atoms with van der Waals surface area (Å²) >= 11 is 0. The third-order valence-corrected chi connectivity index (χ3v) is 4.81. The maximum Gasteiger partial charge on any atom is 0.410 e. The van der Waals surface area contributed by atoms with Crippen molar-refractivity contribution in [3.63, 3.8) is 0 Å². The number of hydrogen-bond acceptors (Lipinski definition) is 3. The van der Waals surface area contributed by atoms with E-state index in [1.165, 1.54) is 0 Å². The van der Waals surface area contributed by atoms with Gasteiger partial charge in [-0.25, -0.2) is 9.59 Å². The molecule has 0 aromatic rings. The van der Waals surface area contributed by atoms with Crippen LogP contribution in [0, 0.1) is 0 Å². The summed E-state index contributed by atoms with van der Waals surface area (Å²) in [5.74, 6) is -104. The normalized spacial score (nSPS) is 15.0. The van der Waals surface area contributed by atoms with Crippen LogP contribution in [0.3, 0.4) is 0 Å². The highest BCUT2D eigenvalue weighted by molar-refractivity contribution is 5.77. The third kappa shape index (κ3) is 5.51. The molecule has 0 radical (unpaired) electrons. The van der Waals surface area contributed by atoms with Crippen LogP contribution in [-0.4, -0.2) is 81.4 Å². The van der Waals surface area contributed by atoms with Gasteiger partial charge < -0.3 is 14.9 Å². The van der Waals surface area contributed by atoms with Gasteiger partial charge in [-0.3, -0.25) is 0 Å². The topological polar surface area (TPSA) is 83.8 Å².